The Morgan fingerprint density at radius 1 is 0.765 bits per heavy atom. The SMILES string of the molecule is O=[N+]([O-])c1ccc2c(c1)[C@@H]1c3ccccc3C[C@@H]1[C@@H](c1c3ccccc3cc3ccccc13)N2. The Morgan fingerprint density at radius 2 is 1.44 bits per heavy atom. The van der Waals surface area contributed by atoms with Gasteiger partial charge in [0.15, 0.2) is 0 Å². The highest BCUT2D eigenvalue weighted by molar-refractivity contribution is 6.03. The second-order valence-corrected chi connectivity index (χ2v) is 9.43. The maximum Gasteiger partial charge on any atom is 0.269 e. The summed E-state index contributed by atoms with van der Waals surface area (Å²) in [4.78, 5) is 11.3. The second kappa shape index (κ2) is 7.16. The topological polar surface area (TPSA) is 55.2 Å². The van der Waals surface area contributed by atoms with Crippen molar-refractivity contribution < 1.29 is 4.92 Å². The van der Waals surface area contributed by atoms with Gasteiger partial charge < -0.3 is 5.32 Å². The van der Waals surface area contributed by atoms with Gasteiger partial charge in [0.25, 0.3) is 5.69 Å². The molecule has 0 fully saturated rings. The van der Waals surface area contributed by atoms with Crippen LogP contribution in [0, 0.1) is 16.0 Å². The molecule has 4 nitrogen and oxygen atoms in total. The van der Waals surface area contributed by atoms with Gasteiger partial charge >= 0.3 is 0 Å². The first-order chi connectivity index (χ1) is 16.7. The van der Waals surface area contributed by atoms with Crippen molar-refractivity contribution in [1.82, 2.24) is 0 Å². The summed E-state index contributed by atoms with van der Waals surface area (Å²) in [6.45, 7) is 0. The Kier molecular flexibility index (Phi) is 4.06. The van der Waals surface area contributed by atoms with Gasteiger partial charge in [0, 0.05) is 23.7 Å². The largest absolute Gasteiger partial charge is 0.378 e. The number of anilines is 1. The number of nitrogens with one attached hydrogen (secondary N) is 1. The molecule has 2 aliphatic rings. The van der Waals surface area contributed by atoms with E-state index in [0.717, 1.165) is 17.7 Å². The Morgan fingerprint density at radius 3 is 2.18 bits per heavy atom. The fourth-order valence-electron chi connectivity index (χ4n) is 6.33. The van der Waals surface area contributed by atoms with Crippen LogP contribution in [0.1, 0.15) is 34.2 Å². The van der Waals surface area contributed by atoms with Crippen LogP contribution in [0.2, 0.25) is 0 Å². The summed E-state index contributed by atoms with van der Waals surface area (Å²) in [6, 6.07) is 33.5. The van der Waals surface area contributed by atoms with Crippen LogP contribution in [0.5, 0.6) is 0 Å². The van der Waals surface area contributed by atoms with Crippen molar-refractivity contribution in [2.24, 2.45) is 5.92 Å². The molecule has 0 saturated heterocycles. The van der Waals surface area contributed by atoms with Crippen LogP contribution in [0.4, 0.5) is 11.4 Å². The van der Waals surface area contributed by atoms with Crippen LogP contribution in [0.3, 0.4) is 0 Å². The number of nitrogens with zero attached hydrogens (tertiary/aromatic N) is 1. The molecule has 0 unspecified atom stereocenters. The molecule has 0 amide bonds. The van der Waals surface area contributed by atoms with Crippen molar-refractivity contribution in [3.8, 4) is 0 Å². The smallest absolute Gasteiger partial charge is 0.269 e. The summed E-state index contributed by atoms with van der Waals surface area (Å²) >= 11 is 0. The van der Waals surface area contributed by atoms with E-state index in [2.05, 4.69) is 84.2 Å². The summed E-state index contributed by atoms with van der Waals surface area (Å²) in [5.74, 6) is 0.385. The van der Waals surface area contributed by atoms with Gasteiger partial charge in [-0.3, -0.25) is 10.1 Å². The summed E-state index contributed by atoms with van der Waals surface area (Å²) in [5, 5.41) is 20.4. The number of non-ortho nitro benzene ring substituents is 1. The lowest BCUT2D eigenvalue weighted by Gasteiger charge is -2.39. The lowest BCUT2D eigenvalue weighted by Crippen LogP contribution is -2.30. The number of nitro groups is 1. The molecule has 5 aromatic carbocycles. The van der Waals surface area contributed by atoms with Crippen LogP contribution in [-0.4, -0.2) is 4.92 Å². The van der Waals surface area contributed by atoms with E-state index in [4.69, 9.17) is 0 Å². The van der Waals surface area contributed by atoms with Crippen LogP contribution in [-0.2, 0) is 6.42 Å². The zero-order chi connectivity index (χ0) is 22.8. The Hall–Kier alpha value is -4.18. The minimum Gasteiger partial charge on any atom is -0.378 e. The van der Waals surface area contributed by atoms with Crippen molar-refractivity contribution >= 4 is 32.9 Å². The number of nitro benzene ring substituents is 1. The molecule has 5 aromatic rings. The molecular weight excluding hydrogens is 420 g/mol. The minimum atomic E-state index is -0.291. The highest BCUT2D eigenvalue weighted by atomic mass is 16.6. The number of benzene rings is 5. The zero-order valence-corrected chi connectivity index (χ0v) is 18.4. The molecule has 0 aromatic heterocycles. The number of rotatable bonds is 2. The normalized spacial score (nSPS) is 20.4. The fraction of sp³-hybridized carbons (Fsp3) is 0.133. The van der Waals surface area contributed by atoms with Gasteiger partial charge in [0.05, 0.1) is 11.0 Å². The molecule has 0 radical (unpaired) electrons. The lowest BCUT2D eigenvalue weighted by atomic mass is 9.74. The van der Waals surface area contributed by atoms with Gasteiger partial charge in [-0.1, -0.05) is 72.8 Å². The van der Waals surface area contributed by atoms with Gasteiger partial charge in [-0.25, -0.2) is 0 Å². The van der Waals surface area contributed by atoms with E-state index in [-0.39, 0.29) is 28.5 Å². The highest BCUT2D eigenvalue weighted by Crippen LogP contribution is 2.55. The van der Waals surface area contributed by atoms with E-state index >= 15 is 0 Å². The van der Waals surface area contributed by atoms with Gasteiger partial charge in [-0.2, -0.15) is 0 Å². The molecule has 1 aliphatic heterocycles. The fourth-order valence-corrected chi connectivity index (χ4v) is 6.33. The molecule has 0 spiro atoms. The van der Waals surface area contributed by atoms with Crippen LogP contribution in [0.25, 0.3) is 21.5 Å². The third-order valence-corrected chi connectivity index (χ3v) is 7.72. The van der Waals surface area contributed by atoms with Crippen molar-refractivity contribution in [1.29, 1.82) is 0 Å². The molecule has 1 heterocycles. The first-order valence-electron chi connectivity index (χ1n) is 11.7. The highest BCUT2D eigenvalue weighted by Gasteiger charge is 2.44. The summed E-state index contributed by atoms with van der Waals surface area (Å²) in [5.41, 5.74) is 6.13. The zero-order valence-electron chi connectivity index (χ0n) is 18.4. The predicted octanol–water partition coefficient (Wildman–Crippen LogP) is 7.37. The average Bonchev–Trinajstić information content (AvgIpc) is 3.26. The first kappa shape index (κ1) is 19.3. The maximum atomic E-state index is 11.6. The van der Waals surface area contributed by atoms with Gasteiger partial charge in [-0.05, 0) is 68.3 Å². The predicted molar refractivity (Wildman–Crippen MR) is 136 cm³/mol. The van der Waals surface area contributed by atoms with E-state index in [9.17, 15) is 10.1 Å². The number of fused-ring (bicyclic) bond motifs is 7. The van der Waals surface area contributed by atoms with Crippen LogP contribution < -0.4 is 5.32 Å². The lowest BCUT2D eigenvalue weighted by molar-refractivity contribution is -0.384. The minimum absolute atomic E-state index is 0.0855. The number of hydrogen-bond donors (Lipinski definition) is 1. The summed E-state index contributed by atoms with van der Waals surface area (Å²) in [7, 11) is 0. The van der Waals surface area contributed by atoms with Gasteiger partial charge in [-0.15, -0.1) is 0 Å². The van der Waals surface area contributed by atoms with Crippen molar-refractivity contribution in [3.63, 3.8) is 0 Å². The van der Waals surface area contributed by atoms with E-state index in [1.165, 1.54) is 38.2 Å². The molecule has 1 aliphatic carbocycles. The quantitative estimate of drug-likeness (QED) is 0.176. The van der Waals surface area contributed by atoms with E-state index in [1.54, 1.807) is 12.1 Å². The molecule has 0 bridgehead atoms. The van der Waals surface area contributed by atoms with E-state index in [1.807, 2.05) is 6.07 Å². The molecule has 1 N–H and O–H groups in total. The van der Waals surface area contributed by atoms with Gasteiger partial charge in [0.2, 0.25) is 0 Å². The van der Waals surface area contributed by atoms with Crippen LogP contribution >= 0.6 is 0 Å². The van der Waals surface area contributed by atoms with Crippen molar-refractivity contribution in [2.75, 3.05) is 5.32 Å². The second-order valence-electron chi connectivity index (χ2n) is 9.43. The average molecular weight is 443 g/mol. The molecular formula is C30H22N2O2. The molecule has 34 heavy (non-hydrogen) atoms. The third kappa shape index (κ3) is 2.72. The molecule has 7 rings (SSSR count). The summed E-state index contributed by atoms with van der Waals surface area (Å²) in [6.07, 6.45) is 0.943. The van der Waals surface area contributed by atoms with Crippen molar-refractivity contribution in [3.05, 3.63) is 129 Å². The van der Waals surface area contributed by atoms with Crippen LogP contribution in [0.15, 0.2) is 97.1 Å². The Labute approximate surface area is 197 Å². The van der Waals surface area contributed by atoms with E-state index in [0.29, 0.717) is 0 Å². The first-order valence-corrected chi connectivity index (χ1v) is 11.7. The van der Waals surface area contributed by atoms with Gasteiger partial charge in [0.1, 0.15) is 0 Å². The molecule has 164 valence electrons. The van der Waals surface area contributed by atoms with Crippen molar-refractivity contribution in [2.45, 2.75) is 18.4 Å². The molecule has 0 saturated carbocycles. The summed E-state index contributed by atoms with van der Waals surface area (Å²) < 4.78 is 0. The third-order valence-electron chi connectivity index (χ3n) is 7.72. The molecule has 3 atom stereocenters. The monoisotopic (exact) mass is 442 g/mol. The van der Waals surface area contributed by atoms with E-state index < -0.39 is 0 Å². The Bertz CT molecular complexity index is 1570. The standard InChI is InChI=1S/C30H22N2O2/c33-32(34)21-13-14-27-25(17-21)28-22-10-4-3-9-20(22)16-26(28)30(31-27)29-23-11-5-1-7-18(23)15-19-8-2-6-12-24(19)29/h1-15,17,26,28,30-31H,16H2/t26-,28-,30-/m0/s1. The number of hydrogen-bond acceptors (Lipinski definition) is 3. The molecule has 4 heteroatoms. The Balaban J connectivity index is 1.52. The maximum absolute atomic E-state index is 11.6.